The van der Waals surface area contributed by atoms with Crippen molar-refractivity contribution in [3.63, 3.8) is 0 Å². The van der Waals surface area contributed by atoms with Gasteiger partial charge in [-0.15, -0.1) is 0 Å². The van der Waals surface area contributed by atoms with Gasteiger partial charge in [0.25, 0.3) is 5.56 Å². The SMILES string of the molecule is COc1ccc2cc(CCc3ccccc3)c(=O)n(CC(=O)Nc3ccc4c(c3)OCCO4)c2c1. The third-order valence-electron chi connectivity index (χ3n) is 6.03. The van der Waals surface area contributed by atoms with Crippen LogP contribution < -0.4 is 25.1 Å². The second-order valence-electron chi connectivity index (χ2n) is 8.38. The summed E-state index contributed by atoms with van der Waals surface area (Å²) in [6.07, 6.45) is 1.32. The molecule has 0 bridgehead atoms. The van der Waals surface area contributed by atoms with Gasteiger partial charge in [0.05, 0.1) is 12.6 Å². The Kier molecular flexibility index (Phi) is 6.39. The molecule has 1 aliphatic rings. The molecular weight excluding hydrogens is 444 g/mol. The maximum Gasteiger partial charge on any atom is 0.254 e. The van der Waals surface area contributed by atoms with E-state index in [0.717, 1.165) is 17.4 Å². The Hall–Kier alpha value is -4.26. The molecule has 0 atom stereocenters. The first-order valence-electron chi connectivity index (χ1n) is 11.5. The van der Waals surface area contributed by atoms with Crippen molar-refractivity contribution in [1.29, 1.82) is 0 Å². The van der Waals surface area contributed by atoms with Crippen molar-refractivity contribution >= 4 is 22.5 Å². The second-order valence-corrected chi connectivity index (χ2v) is 8.38. The van der Waals surface area contributed by atoms with Gasteiger partial charge in [0.1, 0.15) is 25.5 Å². The van der Waals surface area contributed by atoms with E-state index in [1.54, 1.807) is 31.4 Å². The van der Waals surface area contributed by atoms with Gasteiger partial charge in [-0.05, 0) is 54.1 Å². The lowest BCUT2D eigenvalue weighted by Gasteiger charge is -2.19. The van der Waals surface area contributed by atoms with Gasteiger partial charge < -0.3 is 19.5 Å². The number of rotatable bonds is 7. The van der Waals surface area contributed by atoms with Crippen LogP contribution in [0, 0.1) is 0 Å². The summed E-state index contributed by atoms with van der Waals surface area (Å²) >= 11 is 0. The number of carbonyl (C=O) groups is 1. The van der Waals surface area contributed by atoms with Crippen molar-refractivity contribution in [3.05, 3.63) is 94.3 Å². The van der Waals surface area contributed by atoms with Crippen LogP contribution in [0.3, 0.4) is 0 Å². The minimum absolute atomic E-state index is 0.129. The molecular formula is C28H26N2O5. The smallest absolute Gasteiger partial charge is 0.254 e. The Morgan fingerprint density at radius 2 is 1.74 bits per heavy atom. The number of aryl methyl sites for hydroxylation is 2. The van der Waals surface area contributed by atoms with Crippen LogP contribution in [0.2, 0.25) is 0 Å². The molecule has 0 fully saturated rings. The van der Waals surface area contributed by atoms with Gasteiger partial charge in [-0.2, -0.15) is 0 Å². The summed E-state index contributed by atoms with van der Waals surface area (Å²) in [7, 11) is 1.58. The largest absolute Gasteiger partial charge is 0.497 e. The lowest BCUT2D eigenvalue weighted by atomic mass is 10.0. The number of hydrogen-bond acceptors (Lipinski definition) is 5. The standard InChI is InChI=1S/C28H26N2O5/c1-33-23-11-9-20-15-21(8-7-19-5-3-2-4-6-19)28(32)30(24(20)17-23)18-27(31)29-22-10-12-25-26(16-22)35-14-13-34-25/h2-6,9-12,15-17H,7-8,13-14,18H2,1H3,(H,29,31). The molecule has 178 valence electrons. The van der Waals surface area contributed by atoms with Crippen molar-refractivity contribution in [3.8, 4) is 17.2 Å². The molecule has 1 aliphatic heterocycles. The van der Waals surface area contributed by atoms with Crippen LogP contribution in [0.1, 0.15) is 11.1 Å². The average molecular weight is 471 g/mol. The highest BCUT2D eigenvalue weighted by Gasteiger charge is 2.16. The van der Waals surface area contributed by atoms with Gasteiger partial charge >= 0.3 is 0 Å². The third-order valence-corrected chi connectivity index (χ3v) is 6.03. The van der Waals surface area contributed by atoms with Crippen molar-refractivity contribution in [2.24, 2.45) is 0 Å². The summed E-state index contributed by atoms with van der Waals surface area (Å²) in [5, 5.41) is 3.75. The minimum Gasteiger partial charge on any atom is -0.497 e. The summed E-state index contributed by atoms with van der Waals surface area (Å²) in [4.78, 5) is 26.5. The normalized spacial score (nSPS) is 12.4. The second kappa shape index (κ2) is 9.93. The molecule has 5 rings (SSSR count). The molecule has 4 aromatic rings. The van der Waals surface area contributed by atoms with Crippen LogP contribution >= 0.6 is 0 Å². The molecule has 2 heterocycles. The lowest BCUT2D eigenvalue weighted by molar-refractivity contribution is -0.116. The predicted octanol–water partition coefficient (Wildman–Crippen LogP) is 4.21. The van der Waals surface area contributed by atoms with Crippen molar-refractivity contribution in [1.82, 2.24) is 4.57 Å². The van der Waals surface area contributed by atoms with Crippen LogP contribution in [-0.2, 0) is 24.2 Å². The molecule has 1 aromatic heterocycles. The number of hydrogen-bond donors (Lipinski definition) is 1. The molecule has 0 saturated carbocycles. The summed E-state index contributed by atoms with van der Waals surface area (Å²) in [6.45, 7) is 0.832. The first-order valence-corrected chi connectivity index (χ1v) is 11.5. The number of pyridine rings is 1. The van der Waals surface area contributed by atoms with Crippen LogP contribution in [-0.4, -0.2) is 30.8 Å². The van der Waals surface area contributed by atoms with Crippen LogP contribution in [0.25, 0.3) is 10.9 Å². The summed E-state index contributed by atoms with van der Waals surface area (Å²) in [6, 6.07) is 22.8. The predicted molar refractivity (Wildman–Crippen MR) is 135 cm³/mol. The molecule has 0 saturated heterocycles. The number of carbonyl (C=O) groups excluding carboxylic acids is 1. The number of aromatic nitrogens is 1. The zero-order valence-corrected chi connectivity index (χ0v) is 19.5. The molecule has 7 heteroatoms. The highest BCUT2D eigenvalue weighted by atomic mass is 16.6. The highest BCUT2D eigenvalue weighted by Crippen LogP contribution is 2.32. The first kappa shape index (κ1) is 22.5. The molecule has 7 nitrogen and oxygen atoms in total. The molecule has 0 aliphatic carbocycles. The zero-order valence-electron chi connectivity index (χ0n) is 19.5. The van der Waals surface area contributed by atoms with Gasteiger partial charge in [0, 0.05) is 23.4 Å². The van der Waals surface area contributed by atoms with E-state index < -0.39 is 0 Å². The van der Waals surface area contributed by atoms with Crippen molar-refractivity contribution < 1.29 is 19.0 Å². The Bertz CT molecular complexity index is 1430. The zero-order chi connectivity index (χ0) is 24.2. The number of anilines is 1. The van der Waals surface area contributed by atoms with E-state index in [-0.39, 0.29) is 18.0 Å². The van der Waals surface area contributed by atoms with E-state index >= 15 is 0 Å². The molecule has 1 amide bonds. The fraction of sp³-hybridized carbons (Fsp3) is 0.214. The summed E-state index contributed by atoms with van der Waals surface area (Å²) < 4.78 is 18.0. The number of nitrogens with zero attached hydrogens (tertiary/aromatic N) is 1. The molecule has 1 N–H and O–H groups in total. The van der Waals surface area contributed by atoms with Gasteiger partial charge in [-0.3, -0.25) is 14.2 Å². The van der Waals surface area contributed by atoms with Crippen LogP contribution in [0.5, 0.6) is 17.2 Å². The van der Waals surface area contributed by atoms with E-state index in [0.29, 0.717) is 53.7 Å². The fourth-order valence-electron chi connectivity index (χ4n) is 4.26. The Morgan fingerprint density at radius 1 is 0.943 bits per heavy atom. The highest BCUT2D eigenvalue weighted by molar-refractivity contribution is 5.92. The number of benzene rings is 3. The Labute approximate surface area is 202 Å². The van der Waals surface area contributed by atoms with E-state index in [2.05, 4.69) is 5.32 Å². The Balaban J connectivity index is 1.44. The van der Waals surface area contributed by atoms with Gasteiger partial charge in [-0.25, -0.2) is 0 Å². The summed E-state index contributed by atoms with van der Waals surface area (Å²) in [5.74, 6) is 1.54. The number of nitrogens with one attached hydrogen (secondary N) is 1. The maximum absolute atomic E-state index is 13.5. The minimum atomic E-state index is -0.312. The lowest BCUT2D eigenvalue weighted by Crippen LogP contribution is -2.30. The van der Waals surface area contributed by atoms with Gasteiger partial charge in [-0.1, -0.05) is 30.3 Å². The third kappa shape index (κ3) is 4.99. The van der Waals surface area contributed by atoms with Crippen LogP contribution in [0.15, 0.2) is 77.6 Å². The molecule has 35 heavy (non-hydrogen) atoms. The summed E-state index contributed by atoms with van der Waals surface area (Å²) in [5.41, 5.74) is 2.87. The quantitative estimate of drug-likeness (QED) is 0.438. The van der Waals surface area contributed by atoms with Crippen LogP contribution in [0.4, 0.5) is 5.69 Å². The molecule has 3 aromatic carbocycles. The van der Waals surface area contributed by atoms with E-state index in [1.807, 2.05) is 48.5 Å². The van der Waals surface area contributed by atoms with Crippen molar-refractivity contribution in [2.45, 2.75) is 19.4 Å². The number of fused-ring (bicyclic) bond motifs is 2. The van der Waals surface area contributed by atoms with E-state index in [1.165, 1.54) is 4.57 Å². The first-order chi connectivity index (χ1) is 17.1. The number of amides is 1. The fourth-order valence-corrected chi connectivity index (χ4v) is 4.26. The maximum atomic E-state index is 13.5. The number of ether oxygens (including phenoxy) is 3. The van der Waals surface area contributed by atoms with Gasteiger partial charge in [0.2, 0.25) is 5.91 Å². The monoisotopic (exact) mass is 470 g/mol. The Morgan fingerprint density at radius 3 is 2.54 bits per heavy atom. The average Bonchev–Trinajstić information content (AvgIpc) is 2.89. The van der Waals surface area contributed by atoms with E-state index in [4.69, 9.17) is 14.2 Å². The van der Waals surface area contributed by atoms with Gasteiger partial charge in [0.15, 0.2) is 11.5 Å². The number of methoxy groups -OCH3 is 1. The molecule has 0 radical (unpaired) electrons. The van der Waals surface area contributed by atoms with E-state index in [9.17, 15) is 9.59 Å². The topological polar surface area (TPSA) is 78.8 Å². The van der Waals surface area contributed by atoms with Crippen molar-refractivity contribution in [2.75, 3.05) is 25.6 Å². The molecule has 0 spiro atoms. The molecule has 0 unspecified atom stereocenters.